The van der Waals surface area contributed by atoms with E-state index in [1.165, 1.54) is 11.3 Å². The number of hydrogen-bond donors (Lipinski definition) is 2. The van der Waals surface area contributed by atoms with Gasteiger partial charge in [0, 0.05) is 25.2 Å². The molecule has 96 valence electrons. The van der Waals surface area contributed by atoms with Crippen molar-refractivity contribution in [2.75, 3.05) is 13.1 Å². The van der Waals surface area contributed by atoms with Gasteiger partial charge >= 0.3 is 0 Å². The molecule has 4 heteroatoms. The lowest BCUT2D eigenvalue weighted by Crippen LogP contribution is -2.34. The minimum absolute atomic E-state index is 0.224. The first-order valence-corrected chi connectivity index (χ1v) is 6.79. The minimum Gasteiger partial charge on any atom is -0.355 e. The summed E-state index contributed by atoms with van der Waals surface area (Å²) in [5.74, 6) is 0.528. The molecule has 0 radical (unpaired) electrons. The van der Waals surface area contributed by atoms with Gasteiger partial charge in [0.1, 0.15) is 0 Å². The zero-order valence-corrected chi connectivity index (χ0v) is 10.5. The molecule has 1 aromatic heterocycles. The summed E-state index contributed by atoms with van der Waals surface area (Å²) in [5.41, 5.74) is 2.54. The summed E-state index contributed by atoms with van der Waals surface area (Å²) >= 11 is 0. The van der Waals surface area contributed by atoms with Gasteiger partial charge in [-0.15, -0.1) is 0 Å². The minimum atomic E-state index is 0.224. The van der Waals surface area contributed by atoms with Gasteiger partial charge < -0.3 is 10.6 Å². The number of carbonyl (C=O) groups is 1. The van der Waals surface area contributed by atoms with Gasteiger partial charge in [-0.3, -0.25) is 9.78 Å². The van der Waals surface area contributed by atoms with Gasteiger partial charge in [0.25, 0.3) is 0 Å². The second kappa shape index (κ2) is 5.06. The Morgan fingerprint density at radius 1 is 1.33 bits per heavy atom. The van der Waals surface area contributed by atoms with E-state index in [2.05, 4.69) is 21.7 Å². The highest BCUT2D eigenvalue weighted by atomic mass is 16.2. The maximum Gasteiger partial charge on any atom is 0.223 e. The largest absolute Gasteiger partial charge is 0.355 e. The molecule has 0 bridgehead atoms. The van der Waals surface area contributed by atoms with Crippen LogP contribution in [0.2, 0.25) is 0 Å². The molecule has 0 aliphatic heterocycles. The lowest BCUT2D eigenvalue weighted by molar-refractivity contribution is -0.122. The molecule has 0 aromatic carbocycles. The summed E-state index contributed by atoms with van der Waals surface area (Å²) in [6.45, 7) is 1.53. The molecule has 1 saturated carbocycles. The van der Waals surface area contributed by atoms with Crippen LogP contribution in [0.1, 0.15) is 36.6 Å². The van der Waals surface area contributed by atoms with Crippen molar-refractivity contribution in [2.24, 2.45) is 5.92 Å². The first-order chi connectivity index (χ1) is 8.84. The molecule has 1 atom stereocenters. The smallest absolute Gasteiger partial charge is 0.223 e. The second-order valence-electron chi connectivity index (χ2n) is 5.16. The van der Waals surface area contributed by atoms with E-state index in [9.17, 15) is 4.79 Å². The van der Waals surface area contributed by atoms with Crippen LogP contribution in [0.25, 0.3) is 0 Å². The maximum atomic E-state index is 11.4. The summed E-state index contributed by atoms with van der Waals surface area (Å²) in [5, 5.41) is 6.45. The molecule has 1 aromatic rings. The molecule has 0 saturated heterocycles. The Balaban J connectivity index is 1.43. The van der Waals surface area contributed by atoms with Gasteiger partial charge in [0.05, 0.1) is 11.7 Å². The van der Waals surface area contributed by atoms with Crippen molar-refractivity contribution in [1.29, 1.82) is 0 Å². The normalized spacial score (nSPS) is 21.7. The van der Waals surface area contributed by atoms with Crippen LogP contribution in [0.5, 0.6) is 0 Å². The molecule has 0 spiro atoms. The van der Waals surface area contributed by atoms with E-state index in [-0.39, 0.29) is 5.91 Å². The first kappa shape index (κ1) is 11.7. The van der Waals surface area contributed by atoms with Crippen LogP contribution in [0.3, 0.4) is 0 Å². The fourth-order valence-corrected chi connectivity index (χ4v) is 2.53. The van der Waals surface area contributed by atoms with E-state index in [1.54, 1.807) is 0 Å². The lowest BCUT2D eigenvalue weighted by Gasteiger charge is -2.13. The Labute approximate surface area is 107 Å². The molecule has 3 rings (SSSR count). The third-order valence-electron chi connectivity index (χ3n) is 3.72. The van der Waals surface area contributed by atoms with Crippen molar-refractivity contribution in [3.8, 4) is 0 Å². The highest BCUT2D eigenvalue weighted by molar-refractivity contribution is 5.80. The number of nitrogens with zero attached hydrogens (tertiary/aromatic N) is 1. The van der Waals surface area contributed by atoms with E-state index in [0.29, 0.717) is 18.5 Å². The van der Waals surface area contributed by atoms with Crippen molar-refractivity contribution in [1.82, 2.24) is 15.6 Å². The SMILES string of the molecule is O=C(NCCNC1CCc2cccnc21)C1CC1. The Hall–Kier alpha value is -1.42. The molecule has 2 aliphatic rings. The predicted octanol–water partition coefficient (Wildman–Crippen LogP) is 1.18. The number of nitrogens with one attached hydrogen (secondary N) is 2. The summed E-state index contributed by atoms with van der Waals surface area (Å²) < 4.78 is 0. The van der Waals surface area contributed by atoms with Gasteiger partial charge in [0.15, 0.2) is 0 Å². The van der Waals surface area contributed by atoms with Crippen molar-refractivity contribution in [3.05, 3.63) is 29.6 Å². The van der Waals surface area contributed by atoms with Gasteiger partial charge in [-0.1, -0.05) is 6.07 Å². The van der Waals surface area contributed by atoms with E-state index in [0.717, 1.165) is 32.2 Å². The van der Waals surface area contributed by atoms with Crippen molar-refractivity contribution >= 4 is 5.91 Å². The molecular formula is C14H19N3O. The standard InChI is InChI=1S/C14H19N3O/c18-14(11-3-4-11)17-9-8-15-12-6-5-10-2-1-7-16-13(10)12/h1-2,7,11-12,15H,3-6,8-9H2,(H,17,18). The first-order valence-electron chi connectivity index (χ1n) is 6.79. The Morgan fingerprint density at radius 2 is 2.22 bits per heavy atom. The van der Waals surface area contributed by atoms with Crippen LogP contribution >= 0.6 is 0 Å². The highest BCUT2D eigenvalue weighted by Crippen LogP contribution is 2.29. The van der Waals surface area contributed by atoms with Gasteiger partial charge in [-0.25, -0.2) is 0 Å². The van der Waals surface area contributed by atoms with Crippen LogP contribution in [-0.2, 0) is 11.2 Å². The summed E-state index contributed by atoms with van der Waals surface area (Å²) in [4.78, 5) is 15.9. The Kier molecular flexibility index (Phi) is 3.28. The number of amides is 1. The van der Waals surface area contributed by atoms with Gasteiger partial charge in [0.2, 0.25) is 5.91 Å². The molecular weight excluding hydrogens is 226 g/mol. The maximum absolute atomic E-state index is 11.4. The Morgan fingerprint density at radius 3 is 3.06 bits per heavy atom. The van der Waals surface area contributed by atoms with Gasteiger partial charge in [-0.05, 0) is 37.3 Å². The number of carbonyl (C=O) groups excluding carboxylic acids is 1. The van der Waals surface area contributed by atoms with E-state index < -0.39 is 0 Å². The molecule has 1 unspecified atom stereocenters. The summed E-state index contributed by atoms with van der Waals surface area (Å²) in [7, 11) is 0. The average Bonchev–Trinajstić information content (AvgIpc) is 3.17. The lowest BCUT2D eigenvalue weighted by atomic mass is 10.2. The van der Waals surface area contributed by atoms with Crippen LogP contribution < -0.4 is 10.6 Å². The third-order valence-corrected chi connectivity index (χ3v) is 3.72. The third kappa shape index (κ3) is 2.53. The number of rotatable bonds is 5. The van der Waals surface area contributed by atoms with E-state index >= 15 is 0 Å². The van der Waals surface area contributed by atoms with Crippen molar-refractivity contribution in [3.63, 3.8) is 0 Å². The number of aromatic nitrogens is 1. The van der Waals surface area contributed by atoms with Gasteiger partial charge in [-0.2, -0.15) is 0 Å². The molecule has 1 amide bonds. The number of fused-ring (bicyclic) bond motifs is 1. The number of pyridine rings is 1. The fourth-order valence-electron chi connectivity index (χ4n) is 2.53. The second-order valence-corrected chi connectivity index (χ2v) is 5.16. The van der Waals surface area contributed by atoms with E-state index in [4.69, 9.17) is 0 Å². The van der Waals surface area contributed by atoms with Crippen LogP contribution in [0.4, 0.5) is 0 Å². The molecule has 1 heterocycles. The van der Waals surface area contributed by atoms with Crippen LogP contribution in [-0.4, -0.2) is 24.0 Å². The monoisotopic (exact) mass is 245 g/mol. The predicted molar refractivity (Wildman–Crippen MR) is 69.0 cm³/mol. The number of hydrogen-bond acceptors (Lipinski definition) is 3. The van der Waals surface area contributed by atoms with Crippen LogP contribution in [0, 0.1) is 5.92 Å². The molecule has 2 N–H and O–H groups in total. The summed E-state index contributed by atoms with van der Waals surface area (Å²) in [6.07, 6.45) is 6.21. The van der Waals surface area contributed by atoms with Crippen LogP contribution in [0.15, 0.2) is 18.3 Å². The van der Waals surface area contributed by atoms with Crippen molar-refractivity contribution in [2.45, 2.75) is 31.7 Å². The molecule has 18 heavy (non-hydrogen) atoms. The average molecular weight is 245 g/mol. The Bertz CT molecular complexity index is 442. The highest BCUT2D eigenvalue weighted by Gasteiger charge is 2.29. The molecule has 2 aliphatic carbocycles. The topological polar surface area (TPSA) is 54.0 Å². The molecule has 4 nitrogen and oxygen atoms in total. The molecule has 1 fully saturated rings. The summed E-state index contributed by atoms with van der Waals surface area (Å²) in [6, 6.07) is 4.51. The fraction of sp³-hybridized carbons (Fsp3) is 0.571. The van der Waals surface area contributed by atoms with E-state index in [1.807, 2.05) is 12.3 Å². The zero-order chi connectivity index (χ0) is 12.4. The van der Waals surface area contributed by atoms with Crippen molar-refractivity contribution < 1.29 is 4.79 Å². The quantitative estimate of drug-likeness (QED) is 0.766. The number of aryl methyl sites for hydroxylation is 1. The zero-order valence-electron chi connectivity index (χ0n) is 10.5.